The predicted octanol–water partition coefficient (Wildman–Crippen LogP) is 0.895. The molecule has 2 aromatic heterocycles. The Morgan fingerprint density at radius 1 is 1.35 bits per heavy atom. The number of rotatable bonds is 5. The summed E-state index contributed by atoms with van der Waals surface area (Å²) in [5, 5.41) is 2.82. The molecule has 20 heavy (non-hydrogen) atoms. The van der Waals surface area contributed by atoms with Gasteiger partial charge in [-0.25, -0.2) is 4.79 Å². The van der Waals surface area contributed by atoms with E-state index in [1.54, 1.807) is 17.0 Å². The lowest BCUT2D eigenvalue weighted by atomic mass is 10.2. The molecule has 2 heterocycles. The van der Waals surface area contributed by atoms with Crippen LogP contribution in [0.5, 0.6) is 0 Å². The highest BCUT2D eigenvalue weighted by molar-refractivity contribution is 5.75. The number of carbonyl (C=O) groups is 1. The van der Waals surface area contributed by atoms with E-state index in [1.807, 2.05) is 26.0 Å². The van der Waals surface area contributed by atoms with Crippen molar-refractivity contribution in [1.82, 2.24) is 19.9 Å². The maximum absolute atomic E-state index is 11.8. The van der Waals surface area contributed by atoms with E-state index in [-0.39, 0.29) is 18.0 Å². The zero-order valence-corrected chi connectivity index (χ0v) is 11.6. The van der Waals surface area contributed by atoms with E-state index >= 15 is 0 Å². The molecule has 0 radical (unpaired) electrons. The SMILES string of the molecule is Cc1[nH]c(=O)n(CCC(=O)NCc2ccncc2)c1C. The Bertz CT molecular complexity index is 643. The molecule has 0 saturated heterocycles. The Hall–Kier alpha value is -2.37. The van der Waals surface area contributed by atoms with E-state index in [0.29, 0.717) is 13.1 Å². The smallest absolute Gasteiger partial charge is 0.325 e. The Balaban J connectivity index is 1.85. The van der Waals surface area contributed by atoms with E-state index in [0.717, 1.165) is 17.0 Å². The molecule has 6 nitrogen and oxygen atoms in total. The first-order valence-corrected chi connectivity index (χ1v) is 6.49. The number of pyridine rings is 1. The maximum atomic E-state index is 11.8. The van der Waals surface area contributed by atoms with Crippen LogP contribution in [-0.4, -0.2) is 20.4 Å². The van der Waals surface area contributed by atoms with Gasteiger partial charge >= 0.3 is 5.69 Å². The molecule has 0 aromatic carbocycles. The zero-order chi connectivity index (χ0) is 14.5. The molecule has 0 aliphatic heterocycles. The molecule has 0 unspecified atom stereocenters. The number of aryl methyl sites for hydroxylation is 1. The van der Waals surface area contributed by atoms with Crippen LogP contribution in [0.25, 0.3) is 0 Å². The topological polar surface area (TPSA) is 79.8 Å². The molecule has 6 heteroatoms. The fourth-order valence-electron chi connectivity index (χ4n) is 1.95. The predicted molar refractivity (Wildman–Crippen MR) is 75.2 cm³/mol. The number of hydrogen-bond donors (Lipinski definition) is 2. The van der Waals surface area contributed by atoms with E-state index in [1.165, 1.54) is 0 Å². The second-order valence-corrected chi connectivity index (χ2v) is 4.67. The van der Waals surface area contributed by atoms with Crippen molar-refractivity contribution in [2.45, 2.75) is 33.4 Å². The summed E-state index contributed by atoms with van der Waals surface area (Å²) in [6.45, 7) is 4.57. The van der Waals surface area contributed by atoms with Crippen molar-refractivity contribution < 1.29 is 4.79 Å². The summed E-state index contributed by atoms with van der Waals surface area (Å²) in [5.41, 5.74) is 2.55. The van der Waals surface area contributed by atoms with Crippen LogP contribution in [0.1, 0.15) is 23.4 Å². The molecule has 0 bridgehead atoms. The van der Waals surface area contributed by atoms with Gasteiger partial charge < -0.3 is 10.3 Å². The number of H-pyrrole nitrogens is 1. The Morgan fingerprint density at radius 3 is 2.65 bits per heavy atom. The molecule has 0 aliphatic rings. The number of hydrogen-bond acceptors (Lipinski definition) is 3. The average Bonchev–Trinajstić information content (AvgIpc) is 2.69. The van der Waals surface area contributed by atoms with Crippen LogP contribution < -0.4 is 11.0 Å². The summed E-state index contributed by atoms with van der Waals surface area (Å²) in [6.07, 6.45) is 3.66. The summed E-state index contributed by atoms with van der Waals surface area (Å²) in [5.74, 6) is -0.0769. The zero-order valence-electron chi connectivity index (χ0n) is 11.6. The van der Waals surface area contributed by atoms with Crippen molar-refractivity contribution in [3.8, 4) is 0 Å². The van der Waals surface area contributed by atoms with Crippen molar-refractivity contribution in [3.05, 3.63) is 52.0 Å². The third-order valence-corrected chi connectivity index (χ3v) is 3.29. The minimum absolute atomic E-state index is 0.0769. The average molecular weight is 274 g/mol. The van der Waals surface area contributed by atoms with Crippen molar-refractivity contribution in [2.24, 2.45) is 0 Å². The first-order chi connectivity index (χ1) is 9.58. The summed E-state index contributed by atoms with van der Waals surface area (Å²) in [7, 11) is 0. The standard InChI is InChI=1S/C14H18N4O2/c1-10-11(2)18(14(20)17-10)8-5-13(19)16-9-12-3-6-15-7-4-12/h3-4,6-7H,5,8-9H2,1-2H3,(H,16,19)(H,17,20). The van der Waals surface area contributed by atoms with Crippen molar-refractivity contribution >= 4 is 5.91 Å². The van der Waals surface area contributed by atoms with Gasteiger partial charge in [-0.3, -0.25) is 14.3 Å². The summed E-state index contributed by atoms with van der Waals surface area (Å²) in [6, 6.07) is 3.70. The monoisotopic (exact) mass is 274 g/mol. The normalized spacial score (nSPS) is 10.5. The minimum Gasteiger partial charge on any atom is -0.352 e. The molecule has 0 spiro atoms. The Kier molecular flexibility index (Phi) is 4.34. The highest BCUT2D eigenvalue weighted by atomic mass is 16.2. The summed E-state index contributed by atoms with van der Waals surface area (Å²) < 4.78 is 1.58. The fourth-order valence-corrected chi connectivity index (χ4v) is 1.95. The third kappa shape index (κ3) is 3.34. The number of aromatic nitrogens is 3. The summed E-state index contributed by atoms with van der Waals surface area (Å²) >= 11 is 0. The van der Waals surface area contributed by atoms with Crippen LogP contribution in [0.2, 0.25) is 0 Å². The second-order valence-electron chi connectivity index (χ2n) is 4.67. The number of imidazole rings is 1. The van der Waals surface area contributed by atoms with Gasteiger partial charge in [0, 0.05) is 43.3 Å². The van der Waals surface area contributed by atoms with Crippen molar-refractivity contribution in [2.75, 3.05) is 0 Å². The summed E-state index contributed by atoms with van der Waals surface area (Å²) in [4.78, 5) is 30.0. The minimum atomic E-state index is -0.165. The lowest BCUT2D eigenvalue weighted by Crippen LogP contribution is -2.26. The van der Waals surface area contributed by atoms with Crippen LogP contribution >= 0.6 is 0 Å². The maximum Gasteiger partial charge on any atom is 0.325 e. The highest BCUT2D eigenvalue weighted by Crippen LogP contribution is 2.01. The first kappa shape index (κ1) is 14.0. The van der Waals surface area contributed by atoms with E-state index in [2.05, 4.69) is 15.3 Å². The van der Waals surface area contributed by atoms with Crippen molar-refractivity contribution in [3.63, 3.8) is 0 Å². The molecular formula is C14H18N4O2. The van der Waals surface area contributed by atoms with E-state index < -0.39 is 0 Å². The van der Waals surface area contributed by atoms with Gasteiger partial charge in [0.25, 0.3) is 0 Å². The molecule has 106 valence electrons. The fraction of sp³-hybridized carbons (Fsp3) is 0.357. The Morgan fingerprint density at radius 2 is 2.05 bits per heavy atom. The van der Waals surface area contributed by atoms with Crippen molar-refractivity contribution in [1.29, 1.82) is 0 Å². The lowest BCUT2D eigenvalue weighted by molar-refractivity contribution is -0.121. The molecule has 0 aliphatic carbocycles. The Labute approximate surface area is 116 Å². The van der Waals surface area contributed by atoms with Gasteiger partial charge in [0.2, 0.25) is 5.91 Å². The van der Waals surface area contributed by atoms with Gasteiger partial charge in [-0.15, -0.1) is 0 Å². The highest BCUT2D eigenvalue weighted by Gasteiger charge is 2.08. The third-order valence-electron chi connectivity index (χ3n) is 3.29. The van der Waals surface area contributed by atoms with Crippen LogP contribution in [0.15, 0.2) is 29.3 Å². The number of carbonyl (C=O) groups excluding carboxylic acids is 1. The number of aromatic amines is 1. The van der Waals surface area contributed by atoms with Gasteiger partial charge in [-0.1, -0.05) is 0 Å². The van der Waals surface area contributed by atoms with Crippen LogP contribution in [0, 0.1) is 13.8 Å². The quantitative estimate of drug-likeness (QED) is 0.850. The van der Waals surface area contributed by atoms with Gasteiger partial charge in [0.15, 0.2) is 0 Å². The number of nitrogens with one attached hydrogen (secondary N) is 2. The number of amides is 1. The molecule has 1 amide bonds. The van der Waals surface area contributed by atoms with Crippen LogP contribution in [0.3, 0.4) is 0 Å². The second kappa shape index (κ2) is 6.18. The molecule has 0 atom stereocenters. The van der Waals surface area contributed by atoms with Crippen LogP contribution in [0.4, 0.5) is 0 Å². The van der Waals surface area contributed by atoms with Crippen LogP contribution in [-0.2, 0) is 17.9 Å². The molecule has 0 fully saturated rings. The van der Waals surface area contributed by atoms with Gasteiger partial charge in [0.05, 0.1) is 0 Å². The van der Waals surface area contributed by atoms with E-state index in [9.17, 15) is 9.59 Å². The molecule has 2 rings (SSSR count). The molecule has 2 N–H and O–H groups in total. The van der Waals surface area contributed by atoms with Gasteiger partial charge in [-0.2, -0.15) is 0 Å². The largest absolute Gasteiger partial charge is 0.352 e. The molecule has 2 aromatic rings. The van der Waals surface area contributed by atoms with Gasteiger partial charge in [-0.05, 0) is 31.5 Å². The van der Waals surface area contributed by atoms with Gasteiger partial charge in [0.1, 0.15) is 0 Å². The lowest BCUT2D eigenvalue weighted by Gasteiger charge is -2.06. The van der Waals surface area contributed by atoms with E-state index in [4.69, 9.17) is 0 Å². The number of nitrogens with zero attached hydrogens (tertiary/aromatic N) is 2. The molecular weight excluding hydrogens is 256 g/mol. The molecule has 0 saturated carbocycles. The first-order valence-electron chi connectivity index (χ1n) is 6.49.